The fourth-order valence-electron chi connectivity index (χ4n) is 1.14. The van der Waals surface area contributed by atoms with Gasteiger partial charge in [-0.15, -0.1) is 0 Å². The third-order valence-corrected chi connectivity index (χ3v) is 1.95. The highest BCUT2D eigenvalue weighted by Crippen LogP contribution is 2.19. The summed E-state index contributed by atoms with van der Waals surface area (Å²) < 4.78 is 0. The largest absolute Gasteiger partial charge is 0.388 e. The molecule has 1 unspecified atom stereocenters. The van der Waals surface area contributed by atoms with E-state index in [1.807, 2.05) is 38.2 Å². The van der Waals surface area contributed by atoms with Crippen LogP contribution in [0.1, 0.15) is 25.0 Å². The summed E-state index contributed by atoms with van der Waals surface area (Å²) in [5.41, 5.74) is 2.02. The normalized spacial score (nSPS) is 12.6. The molecule has 0 radical (unpaired) electrons. The maximum Gasteiger partial charge on any atom is 0.0788 e. The number of benzene rings is 1. The van der Waals surface area contributed by atoms with E-state index >= 15 is 0 Å². The van der Waals surface area contributed by atoms with Crippen LogP contribution >= 0.6 is 0 Å². The highest BCUT2D eigenvalue weighted by atomic mass is 16.3. The first kappa shape index (κ1) is 9.07. The zero-order valence-corrected chi connectivity index (χ0v) is 7.54. The van der Waals surface area contributed by atoms with Crippen molar-refractivity contribution in [3.05, 3.63) is 29.8 Å². The van der Waals surface area contributed by atoms with Crippen LogP contribution in [0.5, 0.6) is 0 Å². The van der Waals surface area contributed by atoms with Crippen molar-refractivity contribution in [2.24, 2.45) is 0 Å². The van der Waals surface area contributed by atoms with Crippen LogP contribution in [0.2, 0.25) is 0 Å². The lowest BCUT2D eigenvalue weighted by molar-refractivity contribution is 0.174. The molecule has 66 valence electrons. The zero-order valence-electron chi connectivity index (χ0n) is 7.54. The first-order valence-electron chi connectivity index (χ1n) is 4.23. The topological polar surface area (TPSA) is 32.3 Å². The Kier molecular flexibility index (Phi) is 3.11. The maximum atomic E-state index is 9.52. The van der Waals surface area contributed by atoms with Crippen LogP contribution in [-0.2, 0) is 0 Å². The van der Waals surface area contributed by atoms with E-state index in [9.17, 15) is 5.11 Å². The predicted molar refractivity (Wildman–Crippen MR) is 51.2 cm³/mol. The summed E-state index contributed by atoms with van der Waals surface area (Å²) in [7, 11) is 1.87. The number of hydrogen-bond acceptors (Lipinski definition) is 2. The molecule has 0 bridgehead atoms. The second-order valence-electron chi connectivity index (χ2n) is 2.80. The molecule has 0 aliphatic rings. The van der Waals surface area contributed by atoms with Crippen molar-refractivity contribution in [3.63, 3.8) is 0 Å². The number of anilines is 1. The Morgan fingerprint density at radius 3 is 2.83 bits per heavy atom. The molecule has 1 aromatic rings. The van der Waals surface area contributed by atoms with Crippen molar-refractivity contribution in [1.82, 2.24) is 0 Å². The van der Waals surface area contributed by atoms with Crippen molar-refractivity contribution in [1.29, 1.82) is 0 Å². The third kappa shape index (κ3) is 1.98. The number of rotatable bonds is 3. The van der Waals surface area contributed by atoms with Gasteiger partial charge in [0.1, 0.15) is 0 Å². The third-order valence-electron chi connectivity index (χ3n) is 1.95. The summed E-state index contributed by atoms with van der Waals surface area (Å²) >= 11 is 0. The quantitative estimate of drug-likeness (QED) is 0.719. The van der Waals surface area contributed by atoms with Crippen LogP contribution in [0.25, 0.3) is 0 Å². The fourth-order valence-corrected chi connectivity index (χ4v) is 1.14. The van der Waals surface area contributed by atoms with Gasteiger partial charge in [-0.3, -0.25) is 0 Å². The summed E-state index contributed by atoms with van der Waals surface area (Å²) in [6.07, 6.45) is 0.422. The molecule has 0 aliphatic heterocycles. The standard InChI is InChI=1S/C10H15NO/c1-3-10(12)8-5-4-6-9(7-8)11-2/h4-7,10-12H,3H2,1-2H3. The number of aliphatic hydroxyl groups excluding tert-OH is 1. The van der Waals surface area contributed by atoms with E-state index in [2.05, 4.69) is 5.32 Å². The minimum Gasteiger partial charge on any atom is -0.388 e. The van der Waals surface area contributed by atoms with Gasteiger partial charge < -0.3 is 10.4 Å². The molecule has 1 rings (SSSR count). The van der Waals surface area contributed by atoms with Crippen molar-refractivity contribution >= 4 is 5.69 Å². The molecular weight excluding hydrogens is 150 g/mol. The van der Waals surface area contributed by atoms with Gasteiger partial charge in [-0.2, -0.15) is 0 Å². The van der Waals surface area contributed by atoms with E-state index < -0.39 is 0 Å². The summed E-state index contributed by atoms with van der Waals surface area (Å²) in [4.78, 5) is 0. The van der Waals surface area contributed by atoms with E-state index in [1.54, 1.807) is 0 Å². The number of aliphatic hydroxyl groups is 1. The number of nitrogens with one attached hydrogen (secondary N) is 1. The van der Waals surface area contributed by atoms with Gasteiger partial charge in [-0.1, -0.05) is 19.1 Å². The van der Waals surface area contributed by atoms with E-state index in [1.165, 1.54) is 0 Å². The molecule has 12 heavy (non-hydrogen) atoms. The van der Waals surface area contributed by atoms with Gasteiger partial charge in [-0.05, 0) is 24.1 Å². The highest BCUT2D eigenvalue weighted by Gasteiger charge is 2.03. The van der Waals surface area contributed by atoms with Crippen LogP contribution in [0.4, 0.5) is 5.69 Å². The van der Waals surface area contributed by atoms with E-state index in [-0.39, 0.29) is 6.10 Å². The first-order chi connectivity index (χ1) is 5.77. The molecule has 0 amide bonds. The van der Waals surface area contributed by atoms with Crippen LogP contribution < -0.4 is 5.32 Å². The molecule has 2 heteroatoms. The monoisotopic (exact) mass is 165 g/mol. The number of hydrogen-bond donors (Lipinski definition) is 2. The lowest BCUT2D eigenvalue weighted by Gasteiger charge is -2.09. The summed E-state index contributed by atoms with van der Waals surface area (Å²) in [6, 6.07) is 7.83. The van der Waals surface area contributed by atoms with E-state index in [4.69, 9.17) is 0 Å². The molecule has 0 aliphatic carbocycles. The van der Waals surface area contributed by atoms with Gasteiger partial charge in [0, 0.05) is 12.7 Å². The molecule has 0 saturated heterocycles. The Bertz CT molecular complexity index is 247. The minimum absolute atomic E-state index is 0.335. The minimum atomic E-state index is -0.335. The second-order valence-corrected chi connectivity index (χ2v) is 2.80. The lowest BCUT2D eigenvalue weighted by Crippen LogP contribution is -1.96. The highest BCUT2D eigenvalue weighted by molar-refractivity contribution is 5.45. The van der Waals surface area contributed by atoms with E-state index in [0.717, 1.165) is 17.7 Å². The van der Waals surface area contributed by atoms with Gasteiger partial charge in [0.05, 0.1) is 6.10 Å². The molecule has 0 heterocycles. The van der Waals surface area contributed by atoms with Crippen molar-refractivity contribution in [3.8, 4) is 0 Å². The summed E-state index contributed by atoms with van der Waals surface area (Å²) in [5.74, 6) is 0. The van der Waals surface area contributed by atoms with Crippen LogP contribution in [0, 0.1) is 0 Å². The second kappa shape index (κ2) is 4.12. The maximum absolute atomic E-state index is 9.52. The summed E-state index contributed by atoms with van der Waals surface area (Å²) in [5, 5.41) is 12.6. The van der Waals surface area contributed by atoms with Crippen molar-refractivity contribution in [2.45, 2.75) is 19.4 Å². The summed E-state index contributed by atoms with van der Waals surface area (Å²) in [6.45, 7) is 1.97. The van der Waals surface area contributed by atoms with Crippen LogP contribution in [0.15, 0.2) is 24.3 Å². The van der Waals surface area contributed by atoms with Crippen molar-refractivity contribution in [2.75, 3.05) is 12.4 Å². The zero-order chi connectivity index (χ0) is 8.97. The Balaban J connectivity index is 2.86. The molecule has 1 aromatic carbocycles. The average molecular weight is 165 g/mol. The SMILES string of the molecule is CCC(O)c1cccc(NC)c1. The van der Waals surface area contributed by atoms with Gasteiger partial charge in [0.25, 0.3) is 0 Å². The Hall–Kier alpha value is -1.02. The Morgan fingerprint density at radius 2 is 2.25 bits per heavy atom. The van der Waals surface area contributed by atoms with Gasteiger partial charge >= 0.3 is 0 Å². The lowest BCUT2D eigenvalue weighted by atomic mass is 10.1. The van der Waals surface area contributed by atoms with Gasteiger partial charge in [0.15, 0.2) is 0 Å². The predicted octanol–water partition coefficient (Wildman–Crippen LogP) is 2.17. The smallest absolute Gasteiger partial charge is 0.0788 e. The molecule has 0 saturated carbocycles. The molecular formula is C10H15NO. The van der Waals surface area contributed by atoms with Gasteiger partial charge in [-0.25, -0.2) is 0 Å². The molecule has 2 nitrogen and oxygen atoms in total. The molecule has 1 atom stereocenters. The van der Waals surface area contributed by atoms with Crippen LogP contribution in [-0.4, -0.2) is 12.2 Å². The van der Waals surface area contributed by atoms with E-state index in [0.29, 0.717) is 0 Å². The molecule has 0 spiro atoms. The molecule has 0 aromatic heterocycles. The first-order valence-corrected chi connectivity index (χ1v) is 4.23. The molecule has 2 N–H and O–H groups in total. The van der Waals surface area contributed by atoms with Crippen molar-refractivity contribution < 1.29 is 5.11 Å². The van der Waals surface area contributed by atoms with Crippen LogP contribution in [0.3, 0.4) is 0 Å². The fraction of sp³-hybridized carbons (Fsp3) is 0.400. The average Bonchev–Trinajstić information content (AvgIpc) is 2.17. The van der Waals surface area contributed by atoms with Gasteiger partial charge in [0.2, 0.25) is 0 Å². The Labute approximate surface area is 73.2 Å². The molecule has 0 fully saturated rings. The Morgan fingerprint density at radius 1 is 1.50 bits per heavy atom.